The maximum Gasteiger partial charge on any atom is 0.182 e. The molecular weight excluding hydrogens is 182 g/mol. The third-order valence-corrected chi connectivity index (χ3v) is 3.50. The molecule has 0 atom stereocenters. The molecule has 2 rings (SSSR count). The van der Waals surface area contributed by atoms with Gasteiger partial charge in [0.15, 0.2) is 5.13 Å². The lowest BCUT2D eigenvalue weighted by Gasteiger charge is -2.25. The number of hydrogen-bond donors (Lipinski definition) is 2. The van der Waals surface area contributed by atoms with Crippen molar-refractivity contribution < 1.29 is 0 Å². The number of thiazole rings is 1. The summed E-state index contributed by atoms with van der Waals surface area (Å²) in [5, 5.41) is 4.37. The van der Waals surface area contributed by atoms with Crippen molar-refractivity contribution in [3.05, 3.63) is 11.1 Å². The second-order valence-corrected chi connectivity index (χ2v) is 4.63. The van der Waals surface area contributed by atoms with Crippen LogP contribution in [0.1, 0.15) is 24.1 Å². The molecule has 0 aromatic carbocycles. The molecule has 1 aromatic heterocycles. The van der Waals surface area contributed by atoms with Crippen molar-refractivity contribution >= 4 is 16.5 Å². The summed E-state index contributed by atoms with van der Waals surface area (Å²) >= 11 is 1.66. The fourth-order valence-electron chi connectivity index (χ4n) is 1.41. The van der Waals surface area contributed by atoms with E-state index in [0.717, 1.165) is 22.5 Å². The van der Waals surface area contributed by atoms with Gasteiger partial charge in [0.2, 0.25) is 0 Å². The molecule has 0 saturated heterocycles. The first kappa shape index (κ1) is 8.97. The number of rotatable bonds is 4. The highest BCUT2D eigenvalue weighted by Gasteiger charge is 2.16. The van der Waals surface area contributed by atoms with Crippen LogP contribution >= 0.6 is 11.3 Å². The molecule has 0 unspecified atom stereocenters. The van der Waals surface area contributed by atoms with Crippen molar-refractivity contribution in [3.8, 4) is 0 Å². The molecule has 0 aliphatic heterocycles. The van der Waals surface area contributed by atoms with Gasteiger partial charge in [-0.1, -0.05) is 6.42 Å². The normalized spacial score (nSPS) is 17.0. The van der Waals surface area contributed by atoms with Crippen LogP contribution in [0.3, 0.4) is 0 Å². The zero-order chi connectivity index (χ0) is 9.10. The Morgan fingerprint density at radius 2 is 2.46 bits per heavy atom. The van der Waals surface area contributed by atoms with Crippen LogP contribution in [0, 0.1) is 5.92 Å². The van der Waals surface area contributed by atoms with E-state index < -0.39 is 0 Å². The van der Waals surface area contributed by atoms with E-state index in [-0.39, 0.29) is 0 Å². The number of nitrogens with two attached hydrogens (primary N) is 1. The van der Waals surface area contributed by atoms with Crippen molar-refractivity contribution in [3.63, 3.8) is 0 Å². The average molecular weight is 197 g/mol. The van der Waals surface area contributed by atoms with Crippen LogP contribution in [-0.4, -0.2) is 11.5 Å². The molecule has 13 heavy (non-hydrogen) atoms. The molecule has 3 nitrogen and oxygen atoms in total. The van der Waals surface area contributed by atoms with Gasteiger partial charge in [-0.05, 0) is 18.8 Å². The van der Waals surface area contributed by atoms with Gasteiger partial charge < -0.3 is 11.1 Å². The van der Waals surface area contributed by atoms with E-state index >= 15 is 0 Å². The van der Waals surface area contributed by atoms with Crippen LogP contribution in [0.4, 0.5) is 5.13 Å². The minimum atomic E-state index is 0.600. The van der Waals surface area contributed by atoms with E-state index in [1.54, 1.807) is 11.3 Å². The SMILES string of the molecule is NCc1cnc(NCC2CCC2)s1. The lowest BCUT2D eigenvalue weighted by atomic mass is 9.86. The summed E-state index contributed by atoms with van der Waals surface area (Å²) in [5.41, 5.74) is 5.50. The fourth-order valence-corrected chi connectivity index (χ4v) is 2.11. The minimum absolute atomic E-state index is 0.600. The van der Waals surface area contributed by atoms with Crippen LogP contribution in [-0.2, 0) is 6.54 Å². The molecule has 1 aromatic rings. The summed E-state index contributed by atoms with van der Waals surface area (Å²) in [6.45, 7) is 1.68. The Kier molecular flexibility index (Phi) is 2.80. The van der Waals surface area contributed by atoms with Gasteiger partial charge in [0.1, 0.15) is 0 Å². The predicted octanol–water partition coefficient (Wildman–Crippen LogP) is 1.81. The van der Waals surface area contributed by atoms with Gasteiger partial charge in [-0.25, -0.2) is 4.98 Å². The molecule has 0 bridgehead atoms. The maximum atomic E-state index is 5.50. The fraction of sp³-hybridized carbons (Fsp3) is 0.667. The molecular formula is C9H15N3S. The summed E-state index contributed by atoms with van der Waals surface area (Å²) in [6, 6.07) is 0. The number of nitrogens with one attached hydrogen (secondary N) is 1. The van der Waals surface area contributed by atoms with Crippen LogP contribution in [0.5, 0.6) is 0 Å². The van der Waals surface area contributed by atoms with Gasteiger partial charge in [0.25, 0.3) is 0 Å². The molecule has 1 heterocycles. The lowest BCUT2D eigenvalue weighted by molar-refractivity contribution is 0.333. The Hall–Kier alpha value is -0.610. The van der Waals surface area contributed by atoms with Gasteiger partial charge in [-0.2, -0.15) is 0 Å². The smallest absolute Gasteiger partial charge is 0.182 e. The molecule has 1 saturated carbocycles. The van der Waals surface area contributed by atoms with E-state index in [4.69, 9.17) is 5.73 Å². The summed E-state index contributed by atoms with van der Waals surface area (Å²) < 4.78 is 0. The topological polar surface area (TPSA) is 50.9 Å². The van der Waals surface area contributed by atoms with E-state index in [9.17, 15) is 0 Å². The minimum Gasteiger partial charge on any atom is -0.361 e. The van der Waals surface area contributed by atoms with Gasteiger partial charge in [0, 0.05) is 24.2 Å². The Morgan fingerprint density at radius 3 is 3.00 bits per heavy atom. The number of hydrogen-bond acceptors (Lipinski definition) is 4. The first-order valence-corrected chi connectivity index (χ1v) is 5.59. The molecule has 4 heteroatoms. The zero-order valence-corrected chi connectivity index (χ0v) is 8.44. The Morgan fingerprint density at radius 1 is 1.62 bits per heavy atom. The molecule has 1 fully saturated rings. The molecule has 3 N–H and O–H groups in total. The highest BCUT2D eigenvalue weighted by atomic mass is 32.1. The van der Waals surface area contributed by atoms with Crippen molar-refractivity contribution in [1.29, 1.82) is 0 Å². The largest absolute Gasteiger partial charge is 0.361 e. The summed E-state index contributed by atoms with van der Waals surface area (Å²) in [5.74, 6) is 0.880. The summed E-state index contributed by atoms with van der Waals surface area (Å²) in [4.78, 5) is 5.39. The summed E-state index contributed by atoms with van der Waals surface area (Å²) in [7, 11) is 0. The first-order valence-electron chi connectivity index (χ1n) is 4.77. The third kappa shape index (κ3) is 2.19. The highest BCUT2D eigenvalue weighted by molar-refractivity contribution is 7.15. The standard InChI is InChI=1S/C9H15N3S/c10-4-8-6-12-9(13-8)11-5-7-2-1-3-7/h6-7H,1-5,10H2,(H,11,12). The molecule has 1 aliphatic rings. The highest BCUT2D eigenvalue weighted by Crippen LogP contribution is 2.27. The average Bonchev–Trinajstić information content (AvgIpc) is 2.49. The summed E-state index contributed by atoms with van der Waals surface area (Å²) in [6.07, 6.45) is 6.01. The van der Waals surface area contributed by atoms with Crippen LogP contribution in [0.25, 0.3) is 0 Å². The number of anilines is 1. The monoisotopic (exact) mass is 197 g/mol. The molecule has 0 radical (unpaired) electrons. The van der Waals surface area contributed by atoms with E-state index in [2.05, 4.69) is 10.3 Å². The quantitative estimate of drug-likeness (QED) is 0.774. The maximum absolute atomic E-state index is 5.50. The second-order valence-electron chi connectivity index (χ2n) is 3.51. The van der Waals surface area contributed by atoms with Gasteiger partial charge in [-0.3, -0.25) is 0 Å². The Labute approximate surface area is 82.4 Å². The van der Waals surface area contributed by atoms with Crippen molar-refractivity contribution in [2.24, 2.45) is 11.7 Å². The van der Waals surface area contributed by atoms with Crippen LogP contribution in [0.2, 0.25) is 0 Å². The lowest BCUT2D eigenvalue weighted by Crippen LogP contribution is -2.20. The molecule has 0 amide bonds. The first-order chi connectivity index (χ1) is 6.38. The number of aromatic nitrogens is 1. The van der Waals surface area contributed by atoms with Gasteiger partial charge in [-0.15, -0.1) is 11.3 Å². The Bertz CT molecular complexity index is 268. The molecule has 0 spiro atoms. The second kappa shape index (κ2) is 4.07. The van der Waals surface area contributed by atoms with Gasteiger partial charge in [0.05, 0.1) is 0 Å². The molecule has 72 valence electrons. The van der Waals surface area contributed by atoms with E-state index in [1.165, 1.54) is 19.3 Å². The third-order valence-electron chi connectivity index (χ3n) is 2.52. The zero-order valence-electron chi connectivity index (χ0n) is 7.62. The van der Waals surface area contributed by atoms with E-state index in [1.807, 2.05) is 6.20 Å². The predicted molar refractivity (Wildman–Crippen MR) is 55.8 cm³/mol. The Balaban J connectivity index is 1.79. The van der Waals surface area contributed by atoms with Crippen molar-refractivity contribution in [1.82, 2.24) is 4.98 Å². The van der Waals surface area contributed by atoms with Crippen LogP contribution in [0.15, 0.2) is 6.20 Å². The van der Waals surface area contributed by atoms with E-state index in [0.29, 0.717) is 6.54 Å². The molecule has 1 aliphatic carbocycles. The van der Waals surface area contributed by atoms with Gasteiger partial charge >= 0.3 is 0 Å². The number of nitrogens with zero attached hydrogens (tertiary/aromatic N) is 1. The van der Waals surface area contributed by atoms with Crippen LogP contribution < -0.4 is 11.1 Å². The van der Waals surface area contributed by atoms with Crippen molar-refractivity contribution in [2.75, 3.05) is 11.9 Å². The van der Waals surface area contributed by atoms with Crippen molar-refractivity contribution in [2.45, 2.75) is 25.8 Å².